The van der Waals surface area contributed by atoms with Crippen molar-refractivity contribution >= 4 is 22.6 Å². The van der Waals surface area contributed by atoms with E-state index in [0.717, 1.165) is 12.5 Å². The lowest BCUT2D eigenvalue weighted by Crippen LogP contribution is -2.05. The maximum absolute atomic E-state index is 14.0. The molecule has 1 aromatic heterocycles. The number of hydrogen-bond donors (Lipinski definition) is 0. The summed E-state index contributed by atoms with van der Waals surface area (Å²) in [5.74, 6) is -0.878. The fourth-order valence-corrected chi connectivity index (χ4v) is 2.67. The maximum atomic E-state index is 14.0. The van der Waals surface area contributed by atoms with Crippen LogP contribution >= 0.6 is 11.6 Å². The third-order valence-corrected chi connectivity index (χ3v) is 3.95. The number of imidazole rings is 1. The van der Waals surface area contributed by atoms with Gasteiger partial charge < -0.3 is 4.57 Å². The van der Waals surface area contributed by atoms with Crippen molar-refractivity contribution in [2.75, 3.05) is 0 Å². The van der Waals surface area contributed by atoms with Gasteiger partial charge >= 0.3 is 0 Å². The SMILES string of the molecule is CC1(C)CC1n1c(CCl)nc2ccc(F)c(F)c21. The summed E-state index contributed by atoms with van der Waals surface area (Å²) in [5, 5.41) is 0. The second kappa shape index (κ2) is 3.67. The van der Waals surface area contributed by atoms with E-state index in [4.69, 9.17) is 11.6 Å². The van der Waals surface area contributed by atoms with Gasteiger partial charge in [0.25, 0.3) is 0 Å². The van der Waals surface area contributed by atoms with E-state index in [9.17, 15) is 8.78 Å². The summed E-state index contributed by atoms with van der Waals surface area (Å²) in [6.07, 6.45) is 0.929. The second-order valence-corrected chi connectivity index (χ2v) is 5.74. The molecule has 0 aliphatic heterocycles. The summed E-state index contributed by atoms with van der Waals surface area (Å²) in [6, 6.07) is 2.74. The third-order valence-electron chi connectivity index (χ3n) is 3.71. The maximum Gasteiger partial charge on any atom is 0.184 e. The molecule has 0 amide bonds. The molecule has 0 N–H and O–H groups in total. The molecule has 1 heterocycles. The van der Waals surface area contributed by atoms with Crippen LogP contribution in [0.1, 0.15) is 32.1 Å². The Morgan fingerprint density at radius 3 is 2.67 bits per heavy atom. The van der Waals surface area contributed by atoms with E-state index in [1.807, 2.05) is 0 Å². The minimum absolute atomic E-state index is 0.0905. The molecule has 2 nitrogen and oxygen atoms in total. The van der Waals surface area contributed by atoms with Crippen molar-refractivity contribution in [3.05, 3.63) is 29.6 Å². The van der Waals surface area contributed by atoms with Gasteiger partial charge in [-0.05, 0) is 24.0 Å². The van der Waals surface area contributed by atoms with Crippen molar-refractivity contribution in [3.63, 3.8) is 0 Å². The summed E-state index contributed by atoms with van der Waals surface area (Å²) < 4.78 is 29.1. The topological polar surface area (TPSA) is 17.8 Å². The van der Waals surface area contributed by atoms with E-state index in [-0.39, 0.29) is 22.9 Å². The minimum Gasteiger partial charge on any atom is -0.321 e. The largest absolute Gasteiger partial charge is 0.321 e. The van der Waals surface area contributed by atoms with E-state index in [1.165, 1.54) is 6.07 Å². The fourth-order valence-electron chi connectivity index (χ4n) is 2.48. The smallest absolute Gasteiger partial charge is 0.184 e. The molecule has 0 bridgehead atoms. The molecule has 1 fully saturated rings. The molecule has 1 unspecified atom stereocenters. The summed E-state index contributed by atoms with van der Waals surface area (Å²) in [6.45, 7) is 4.19. The number of fused-ring (bicyclic) bond motifs is 1. The quantitative estimate of drug-likeness (QED) is 0.754. The molecule has 3 rings (SSSR count). The molecule has 96 valence electrons. The lowest BCUT2D eigenvalue weighted by Gasteiger charge is -2.10. The summed E-state index contributed by atoms with van der Waals surface area (Å²) in [4.78, 5) is 4.28. The zero-order valence-corrected chi connectivity index (χ0v) is 10.9. The van der Waals surface area contributed by atoms with Gasteiger partial charge in [-0.2, -0.15) is 0 Å². The third kappa shape index (κ3) is 1.55. The number of halogens is 3. The monoisotopic (exact) mass is 270 g/mol. The van der Waals surface area contributed by atoms with E-state index in [0.29, 0.717) is 11.3 Å². The van der Waals surface area contributed by atoms with E-state index >= 15 is 0 Å². The van der Waals surface area contributed by atoms with Gasteiger partial charge in [-0.25, -0.2) is 13.8 Å². The van der Waals surface area contributed by atoms with Gasteiger partial charge in [0.1, 0.15) is 11.3 Å². The summed E-state index contributed by atoms with van der Waals surface area (Å²) in [5.41, 5.74) is 0.793. The Hall–Kier alpha value is -1.16. The van der Waals surface area contributed by atoms with Crippen molar-refractivity contribution in [3.8, 4) is 0 Å². The molecule has 1 aliphatic rings. The van der Waals surface area contributed by atoms with Gasteiger partial charge in [-0.15, -0.1) is 11.6 Å². The number of nitrogens with zero attached hydrogens (tertiary/aromatic N) is 2. The second-order valence-electron chi connectivity index (χ2n) is 5.47. The lowest BCUT2D eigenvalue weighted by atomic mass is 10.2. The first-order chi connectivity index (χ1) is 8.45. The van der Waals surface area contributed by atoms with Gasteiger partial charge in [0.2, 0.25) is 0 Å². The van der Waals surface area contributed by atoms with Crippen LogP contribution < -0.4 is 0 Å². The number of benzene rings is 1. The molecule has 5 heteroatoms. The van der Waals surface area contributed by atoms with Gasteiger partial charge in [0, 0.05) is 6.04 Å². The molecule has 0 spiro atoms. The number of aromatic nitrogens is 2. The van der Waals surface area contributed by atoms with Crippen LogP contribution in [-0.4, -0.2) is 9.55 Å². The van der Waals surface area contributed by atoms with E-state index in [1.54, 1.807) is 4.57 Å². The summed E-state index contributed by atoms with van der Waals surface area (Å²) >= 11 is 5.86. The number of rotatable bonds is 2. The molecular formula is C13H13ClF2N2. The standard InChI is InChI=1S/C13H13ClF2N2/c1-13(2)5-9(13)18-10(6-14)17-8-4-3-7(15)11(16)12(8)18/h3-4,9H,5-6H2,1-2H3. The average Bonchev–Trinajstić information content (AvgIpc) is 2.80. The van der Waals surface area contributed by atoms with Crippen LogP contribution in [0.5, 0.6) is 0 Å². The highest BCUT2D eigenvalue weighted by Crippen LogP contribution is 2.57. The van der Waals surface area contributed by atoms with Crippen molar-refractivity contribution in [1.29, 1.82) is 0 Å². The van der Waals surface area contributed by atoms with Gasteiger partial charge in [-0.3, -0.25) is 0 Å². The first-order valence-electron chi connectivity index (χ1n) is 5.86. The highest BCUT2D eigenvalue weighted by atomic mass is 35.5. The van der Waals surface area contributed by atoms with Crippen LogP contribution in [0, 0.1) is 17.0 Å². The highest BCUT2D eigenvalue weighted by molar-refractivity contribution is 6.16. The summed E-state index contributed by atoms with van der Waals surface area (Å²) in [7, 11) is 0. The Bertz CT molecular complexity index is 633. The fraction of sp³-hybridized carbons (Fsp3) is 0.462. The highest BCUT2D eigenvalue weighted by Gasteiger charge is 2.48. The lowest BCUT2D eigenvalue weighted by molar-refractivity contribution is 0.500. The Labute approximate surface area is 109 Å². The van der Waals surface area contributed by atoms with Crippen LogP contribution in [0.4, 0.5) is 8.78 Å². The molecule has 1 aliphatic carbocycles. The molecular weight excluding hydrogens is 258 g/mol. The zero-order chi connectivity index (χ0) is 13.1. The predicted molar refractivity (Wildman–Crippen MR) is 66.6 cm³/mol. The minimum atomic E-state index is -0.844. The van der Waals surface area contributed by atoms with Crippen LogP contribution in [0.3, 0.4) is 0 Å². The first-order valence-corrected chi connectivity index (χ1v) is 6.40. The Morgan fingerprint density at radius 1 is 1.44 bits per heavy atom. The van der Waals surface area contributed by atoms with Crippen molar-refractivity contribution in [2.24, 2.45) is 5.41 Å². The Balaban J connectivity index is 2.30. The first kappa shape index (κ1) is 11.9. The molecule has 1 atom stereocenters. The van der Waals surface area contributed by atoms with Crippen molar-refractivity contribution < 1.29 is 8.78 Å². The van der Waals surface area contributed by atoms with E-state index in [2.05, 4.69) is 18.8 Å². The normalized spacial score (nSPS) is 21.5. The van der Waals surface area contributed by atoms with E-state index < -0.39 is 11.6 Å². The average molecular weight is 271 g/mol. The predicted octanol–water partition coefficient (Wildman–Crippen LogP) is 4.02. The number of alkyl halides is 1. The van der Waals surface area contributed by atoms with Crippen LogP contribution in [0.2, 0.25) is 0 Å². The molecule has 0 radical (unpaired) electrons. The number of hydrogen-bond acceptors (Lipinski definition) is 1. The Morgan fingerprint density at radius 2 is 2.11 bits per heavy atom. The van der Waals surface area contributed by atoms with Crippen molar-refractivity contribution in [2.45, 2.75) is 32.2 Å². The zero-order valence-electron chi connectivity index (χ0n) is 10.2. The molecule has 0 saturated heterocycles. The molecule has 18 heavy (non-hydrogen) atoms. The van der Waals surface area contributed by atoms with Crippen LogP contribution in [0.25, 0.3) is 11.0 Å². The van der Waals surface area contributed by atoms with Crippen LogP contribution in [-0.2, 0) is 5.88 Å². The molecule has 1 aromatic carbocycles. The van der Waals surface area contributed by atoms with Crippen molar-refractivity contribution in [1.82, 2.24) is 9.55 Å². The molecule has 2 aromatic rings. The van der Waals surface area contributed by atoms with Gasteiger partial charge in [0.15, 0.2) is 11.6 Å². The van der Waals surface area contributed by atoms with Gasteiger partial charge in [-0.1, -0.05) is 13.8 Å². The van der Waals surface area contributed by atoms with Gasteiger partial charge in [0.05, 0.1) is 11.4 Å². The Kier molecular flexibility index (Phi) is 2.43. The van der Waals surface area contributed by atoms with Crippen LogP contribution in [0.15, 0.2) is 12.1 Å². The molecule has 1 saturated carbocycles.